The summed E-state index contributed by atoms with van der Waals surface area (Å²) < 4.78 is 0. The number of hydrogen-bond donors (Lipinski definition) is 2. The number of aliphatic hydroxyl groups is 1. The van der Waals surface area contributed by atoms with Gasteiger partial charge in [-0.3, -0.25) is 14.6 Å². The van der Waals surface area contributed by atoms with Crippen molar-refractivity contribution >= 4 is 28.2 Å². The van der Waals surface area contributed by atoms with Crippen LogP contribution in [-0.4, -0.2) is 34.2 Å². The Morgan fingerprint density at radius 1 is 0.903 bits per heavy atom. The van der Waals surface area contributed by atoms with Gasteiger partial charge in [0, 0.05) is 12.8 Å². The zero-order valence-electron chi connectivity index (χ0n) is 17.0. The molecule has 0 aliphatic heterocycles. The summed E-state index contributed by atoms with van der Waals surface area (Å²) in [7, 11) is 0. The van der Waals surface area contributed by atoms with Crippen molar-refractivity contribution in [3.8, 4) is 0 Å². The highest BCUT2D eigenvalue weighted by Crippen LogP contribution is 2.34. The van der Waals surface area contributed by atoms with Crippen molar-refractivity contribution in [3.05, 3.63) is 95.3 Å². The lowest BCUT2D eigenvalue weighted by atomic mass is 9.78. The first kappa shape index (κ1) is 20.5. The molecule has 5 nitrogen and oxygen atoms in total. The van der Waals surface area contributed by atoms with E-state index >= 15 is 0 Å². The summed E-state index contributed by atoms with van der Waals surface area (Å²) in [6.45, 7) is -0.435. The van der Waals surface area contributed by atoms with Crippen molar-refractivity contribution in [3.63, 3.8) is 0 Å². The Hall–Kier alpha value is -3.73. The van der Waals surface area contributed by atoms with Gasteiger partial charge in [0.2, 0.25) is 0 Å². The first-order valence-electron chi connectivity index (χ1n) is 10.3. The van der Waals surface area contributed by atoms with Crippen LogP contribution >= 0.6 is 0 Å². The van der Waals surface area contributed by atoms with E-state index < -0.39 is 12.5 Å². The minimum Gasteiger partial charge on any atom is -0.511 e. The van der Waals surface area contributed by atoms with Crippen LogP contribution in [0.2, 0.25) is 0 Å². The topological polar surface area (TPSA) is 87.0 Å². The summed E-state index contributed by atoms with van der Waals surface area (Å²) in [6.07, 6.45) is 0.855. The van der Waals surface area contributed by atoms with Gasteiger partial charge in [-0.05, 0) is 34.2 Å². The van der Waals surface area contributed by atoms with E-state index in [0.717, 1.165) is 21.9 Å². The molecule has 4 rings (SSSR count). The number of carbonyl (C=O) groups is 2. The fraction of sp³-hybridized carbons (Fsp3) is 0.192. The summed E-state index contributed by atoms with van der Waals surface area (Å²) in [5, 5.41) is 22.1. The van der Waals surface area contributed by atoms with Gasteiger partial charge < -0.3 is 10.2 Å². The zero-order valence-corrected chi connectivity index (χ0v) is 17.0. The second-order valence-corrected chi connectivity index (χ2v) is 7.73. The number of ketones is 1. The van der Waals surface area contributed by atoms with Gasteiger partial charge in [-0.15, -0.1) is 0 Å². The third-order valence-corrected chi connectivity index (χ3v) is 5.64. The molecule has 31 heavy (non-hydrogen) atoms. The quantitative estimate of drug-likeness (QED) is 0.462. The summed E-state index contributed by atoms with van der Waals surface area (Å²) in [5.74, 6) is -1.43. The highest BCUT2D eigenvalue weighted by Gasteiger charge is 2.32. The fourth-order valence-electron chi connectivity index (χ4n) is 4.20. The molecule has 3 aromatic rings. The Bertz CT molecular complexity index is 1190. The van der Waals surface area contributed by atoms with Gasteiger partial charge in [0.05, 0.1) is 11.3 Å². The minimum absolute atomic E-state index is 0.0583. The SMILES string of the molecule is O=C(O)CN=C1CC(c2ccccc2)CC(=O)/C1=C(\O)Cc1cccc2ccccc12. The number of aliphatic imine (C=N–C) groups is 1. The first-order chi connectivity index (χ1) is 15.0. The molecule has 0 bridgehead atoms. The molecule has 5 heteroatoms. The molecule has 0 aromatic heterocycles. The van der Waals surface area contributed by atoms with E-state index in [0.29, 0.717) is 12.1 Å². The molecule has 0 saturated heterocycles. The van der Waals surface area contributed by atoms with E-state index in [-0.39, 0.29) is 35.9 Å². The van der Waals surface area contributed by atoms with Crippen molar-refractivity contribution in [1.29, 1.82) is 0 Å². The van der Waals surface area contributed by atoms with E-state index in [1.165, 1.54) is 0 Å². The number of carboxylic acid groups (broad SMARTS) is 1. The van der Waals surface area contributed by atoms with E-state index in [2.05, 4.69) is 4.99 Å². The van der Waals surface area contributed by atoms with Crippen molar-refractivity contribution in [2.45, 2.75) is 25.2 Å². The van der Waals surface area contributed by atoms with Crippen LogP contribution in [0.5, 0.6) is 0 Å². The lowest BCUT2D eigenvalue weighted by molar-refractivity contribution is -0.135. The summed E-state index contributed by atoms with van der Waals surface area (Å²) in [5.41, 5.74) is 2.44. The van der Waals surface area contributed by atoms with Crippen LogP contribution < -0.4 is 0 Å². The molecule has 1 fully saturated rings. The number of hydrogen-bond acceptors (Lipinski definition) is 4. The van der Waals surface area contributed by atoms with Gasteiger partial charge in [0.15, 0.2) is 5.78 Å². The summed E-state index contributed by atoms with van der Waals surface area (Å²) in [4.78, 5) is 28.4. The standard InChI is InChI=1S/C26H23NO4/c28-23(14-19-11-6-10-18-9-4-5-12-21(18)19)26-22(27-16-25(30)31)13-20(15-24(26)29)17-7-2-1-3-8-17/h1-12,20,28H,13-16H2,(H,30,31)/b26-23-,27-22?. The molecule has 0 amide bonds. The number of fused-ring (bicyclic) bond motifs is 1. The number of aliphatic hydroxyl groups excluding tert-OH is 1. The van der Waals surface area contributed by atoms with Gasteiger partial charge in [-0.2, -0.15) is 0 Å². The molecule has 1 aliphatic carbocycles. The van der Waals surface area contributed by atoms with Crippen LogP contribution in [0.25, 0.3) is 10.8 Å². The number of carbonyl (C=O) groups excluding carboxylic acids is 1. The Morgan fingerprint density at radius 3 is 2.39 bits per heavy atom. The highest BCUT2D eigenvalue weighted by atomic mass is 16.4. The molecule has 1 saturated carbocycles. The van der Waals surface area contributed by atoms with Crippen molar-refractivity contribution in [2.24, 2.45) is 4.99 Å². The number of rotatable bonds is 5. The number of nitrogens with zero attached hydrogens (tertiary/aromatic N) is 1. The monoisotopic (exact) mass is 413 g/mol. The smallest absolute Gasteiger partial charge is 0.325 e. The lowest BCUT2D eigenvalue weighted by Crippen LogP contribution is -2.27. The Morgan fingerprint density at radius 2 is 1.61 bits per heavy atom. The predicted octanol–water partition coefficient (Wildman–Crippen LogP) is 4.87. The molecule has 1 aliphatic rings. The van der Waals surface area contributed by atoms with Crippen molar-refractivity contribution in [2.75, 3.05) is 6.54 Å². The molecule has 2 N–H and O–H groups in total. The average molecular weight is 413 g/mol. The van der Waals surface area contributed by atoms with Gasteiger partial charge >= 0.3 is 5.97 Å². The molecule has 1 atom stereocenters. The molecular weight excluding hydrogens is 390 g/mol. The average Bonchev–Trinajstić information content (AvgIpc) is 2.78. The zero-order chi connectivity index (χ0) is 21.8. The molecule has 0 radical (unpaired) electrons. The van der Waals surface area contributed by atoms with Crippen LogP contribution in [0, 0.1) is 0 Å². The predicted molar refractivity (Wildman–Crippen MR) is 121 cm³/mol. The van der Waals surface area contributed by atoms with Crippen LogP contribution in [-0.2, 0) is 16.0 Å². The number of allylic oxidation sites excluding steroid dienone is 2. The Kier molecular flexibility index (Phi) is 5.94. The largest absolute Gasteiger partial charge is 0.511 e. The van der Waals surface area contributed by atoms with Crippen molar-refractivity contribution in [1.82, 2.24) is 0 Å². The third kappa shape index (κ3) is 4.56. The lowest BCUT2D eigenvalue weighted by Gasteiger charge is -2.26. The normalized spacial score (nSPS) is 19.5. The Labute approximate surface area is 180 Å². The van der Waals surface area contributed by atoms with Gasteiger partial charge in [-0.1, -0.05) is 72.8 Å². The van der Waals surface area contributed by atoms with Gasteiger partial charge in [-0.25, -0.2) is 0 Å². The number of aliphatic carboxylic acids is 1. The van der Waals surface area contributed by atoms with Crippen LogP contribution in [0.1, 0.15) is 29.9 Å². The first-order valence-corrected chi connectivity index (χ1v) is 10.3. The maximum Gasteiger partial charge on any atom is 0.325 e. The molecule has 0 spiro atoms. The number of carboxylic acids is 1. The van der Waals surface area contributed by atoms with Crippen LogP contribution in [0.15, 0.2) is 89.1 Å². The summed E-state index contributed by atoms with van der Waals surface area (Å²) in [6, 6.07) is 23.4. The van der Waals surface area contributed by atoms with Gasteiger partial charge in [0.1, 0.15) is 12.3 Å². The molecule has 156 valence electrons. The molecule has 0 heterocycles. The van der Waals surface area contributed by atoms with E-state index in [4.69, 9.17) is 5.11 Å². The molecule has 3 aromatic carbocycles. The minimum atomic E-state index is -1.07. The third-order valence-electron chi connectivity index (χ3n) is 5.64. The maximum atomic E-state index is 13.1. The fourth-order valence-corrected chi connectivity index (χ4v) is 4.20. The van der Waals surface area contributed by atoms with E-state index in [9.17, 15) is 14.7 Å². The van der Waals surface area contributed by atoms with Crippen LogP contribution in [0.4, 0.5) is 0 Å². The van der Waals surface area contributed by atoms with Crippen LogP contribution in [0.3, 0.4) is 0 Å². The van der Waals surface area contributed by atoms with Crippen molar-refractivity contribution < 1.29 is 19.8 Å². The van der Waals surface area contributed by atoms with Gasteiger partial charge in [0.25, 0.3) is 0 Å². The summed E-state index contributed by atoms with van der Waals surface area (Å²) >= 11 is 0. The highest BCUT2D eigenvalue weighted by molar-refractivity contribution is 6.25. The molecular formula is C26H23NO4. The maximum absolute atomic E-state index is 13.1. The second kappa shape index (κ2) is 8.96. The number of benzene rings is 3. The van der Waals surface area contributed by atoms with E-state index in [1.54, 1.807) is 0 Å². The Balaban J connectivity index is 1.71. The second-order valence-electron chi connectivity index (χ2n) is 7.73. The molecule has 1 unspecified atom stereocenters. The van der Waals surface area contributed by atoms with E-state index in [1.807, 2.05) is 72.8 Å². The number of Topliss-reactive ketones (excluding diaryl/α,β-unsaturated/α-hetero) is 1.